The molecule has 1 saturated heterocycles. The number of nitrogens with one attached hydrogen (secondary N) is 2. The number of thioether (sulfide) groups is 1. The zero-order valence-electron chi connectivity index (χ0n) is 16.0. The average Bonchev–Trinajstić information content (AvgIpc) is 3.12. The summed E-state index contributed by atoms with van der Waals surface area (Å²) in [6, 6.07) is 11.1. The van der Waals surface area contributed by atoms with Gasteiger partial charge < -0.3 is 15.5 Å². The van der Waals surface area contributed by atoms with Gasteiger partial charge in [-0.3, -0.25) is 9.59 Å². The van der Waals surface area contributed by atoms with Crippen LogP contribution in [0, 0.1) is 11.7 Å². The van der Waals surface area contributed by atoms with Crippen LogP contribution in [0.2, 0.25) is 0 Å². The van der Waals surface area contributed by atoms with Gasteiger partial charge in [0.1, 0.15) is 5.82 Å². The molecule has 2 aromatic rings. The van der Waals surface area contributed by atoms with Crippen LogP contribution in [0.4, 0.5) is 15.8 Å². The van der Waals surface area contributed by atoms with Gasteiger partial charge in [0.2, 0.25) is 11.8 Å². The van der Waals surface area contributed by atoms with E-state index in [0.29, 0.717) is 25.1 Å². The number of halogens is 2. The van der Waals surface area contributed by atoms with Gasteiger partial charge in [0.25, 0.3) is 0 Å². The fourth-order valence-electron chi connectivity index (χ4n) is 3.76. The van der Waals surface area contributed by atoms with Crippen molar-refractivity contribution in [1.82, 2.24) is 5.32 Å². The molecular weight excluding hydrogens is 413 g/mol. The summed E-state index contributed by atoms with van der Waals surface area (Å²) in [5.41, 5.74) is 2.57. The number of carbonyl (C=O) groups excluding carboxylic acids is 2. The predicted molar refractivity (Wildman–Crippen MR) is 116 cm³/mol. The van der Waals surface area contributed by atoms with Crippen LogP contribution in [0.25, 0.3) is 0 Å². The molecule has 4 rings (SSSR count). The molecule has 29 heavy (non-hydrogen) atoms. The third kappa shape index (κ3) is 4.42. The highest BCUT2D eigenvalue weighted by Crippen LogP contribution is 2.29. The van der Waals surface area contributed by atoms with E-state index in [-0.39, 0.29) is 42.1 Å². The largest absolute Gasteiger partial charge is 0.323 e. The van der Waals surface area contributed by atoms with Crippen LogP contribution in [-0.2, 0) is 22.6 Å². The van der Waals surface area contributed by atoms with Gasteiger partial charge in [0, 0.05) is 30.1 Å². The van der Waals surface area contributed by atoms with E-state index in [1.165, 1.54) is 0 Å². The van der Waals surface area contributed by atoms with E-state index in [2.05, 4.69) is 10.6 Å². The van der Waals surface area contributed by atoms with Crippen LogP contribution in [0.5, 0.6) is 0 Å². The van der Waals surface area contributed by atoms with E-state index in [4.69, 9.17) is 0 Å². The van der Waals surface area contributed by atoms with Crippen molar-refractivity contribution in [3.63, 3.8) is 0 Å². The Morgan fingerprint density at radius 3 is 2.72 bits per heavy atom. The fourth-order valence-corrected chi connectivity index (χ4v) is 4.17. The molecule has 2 N–H and O–H groups in total. The minimum Gasteiger partial charge on any atom is -0.323 e. The Bertz CT molecular complexity index is 923. The summed E-state index contributed by atoms with van der Waals surface area (Å²) in [7, 11) is 0. The van der Waals surface area contributed by atoms with Crippen molar-refractivity contribution < 1.29 is 14.0 Å². The van der Waals surface area contributed by atoms with E-state index in [9.17, 15) is 14.0 Å². The van der Waals surface area contributed by atoms with Crippen LogP contribution in [0.15, 0.2) is 41.3 Å². The first kappa shape index (κ1) is 21.6. The summed E-state index contributed by atoms with van der Waals surface area (Å²) in [4.78, 5) is 27.8. The molecule has 1 atom stereocenters. The van der Waals surface area contributed by atoms with Crippen molar-refractivity contribution in [3.05, 3.63) is 53.3 Å². The number of hydrogen-bond donors (Lipinski definition) is 2. The maximum absolute atomic E-state index is 14.8. The SMILES string of the molecule is CSc1ccc(N2CC(C(=O)Nc3ccc4c(c3F)CCNC4)CC2=O)cc1.Cl. The van der Waals surface area contributed by atoms with Gasteiger partial charge in [0.15, 0.2) is 0 Å². The van der Waals surface area contributed by atoms with E-state index in [0.717, 1.165) is 22.7 Å². The van der Waals surface area contributed by atoms with Crippen molar-refractivity contribution in [2.24, 2.45) is 5.92 Å². The second-order valence-corrected chi connectivity index (χ2v) is 7.96. The van der Waals surface area contributed by atoms with Crippen LogP contribution in [0.1, 0.15) is 17.5 Å². The minimum absolute atomic E-state index is 0. The standard InChI is InChI=1S/C21H22FN3O2S.ClH/c1-28-16-5-3-15(4-6-16)25-12-14(10-19(25)26)21(27)24-18-7-2-13-11-23-9-8-17(13)20(18)22;/h2-7,14,23H,8-12H2,1H3,(H,24,27);1H. The summed E-state index contributed by atoms with van der Waals surface area (Å²) in [5, 5.41) is 5.90. The molecule has 2 heterocycles. The zero-order chi connectivity index (χ0) is 19.7. The lowest BCUT2D eigenvalue weighted by Crippen LogP contribution is -2.29. The van der Waals surface area contributed by atoms with Crippen LogP contribution >= 0.6 is 24.2 Å². The van der Waals surface area contributed by atoms with Crippen LogP contribution in [0.3, 0.4) is 0 Å². The molecule has 0 bridgehead atoms. The van der Waals surface area contributed by atoms with E-state index < -0.39 is 5.92 Å². The molecule has 0 spiro atoms. The monoisotopic (exact) mass is 435 g/mol. The highest BCUT2D eigenvalue weighted by Gasteiger charge is 2.35. The minimum atomic E-state index is -0.496. The van der Waals surface area contributed by atoms with E-state index >= 15 is 0 Å². The van der Waals surface area contributed by atoms with Gasteiger partial charge >= 0.3 is 0 Å². The average molecular weight is 436 g/mol. The lowest BCUT2D eigenvalue weighted by molar-refractivity contribution is -0.122. The second kappa shape index (κ2) is 9.15. The first-order chi connectivity index (χ1) is 13.6. The molecule has 0 radical (unpaired) electrons. The molecule has 2 aliphatic heterocycles. The summed E-state index contributed by atoms with van der Waals surface area (Å²) in [5.74, 6) is -1.26. The van der Waals surface area contributed by atoms with Gasteiger partial charge in [0.05, 0.1) is 11.6 Å². The maximum Gasteiger partial charge on any atom is 0.229 e. The first-order valence-electron chi connectivity index (χ1n) is 9.33. The molecule has 2 aromatic carbocycles. The molecule has 5 nitrogen and oxygen atoms in total. The highest BCUT2D eigenvalue weighted by molar-refractivity contribution is 7.98. The molecular formula is C21H23ClFN3O2S. The number of benzene rings is 2. The van der Waals surface area contributed by atoms with Crippen molar-refractivity contribution in [2.45, 2.75) is 24.3 Å². The van der Waals surface area contributed by atoms with Gasteiger partial charge in [-0.15, -0.1) is 24.2 Å². The molecule has 1 fully saturated rings. The highest BCUT2D eigenvalue weighted by atomic mass is 35.5. The van der Waals surface area contributed by atoms with Crippen LogP contribution < -0.4 is 15.5 Å². The Balaban J connectivity index is 0.00000240. The zero-order valence-corrected chi connectivity index (χ0v) is 17.7. The van der Waals surface area contributed by atoms with Crippen molar-refractivity contribution in [2.75, 3.05) is 29.6 Å². The predicted octanol–water partition coefficient (Wildman–Crippen LogP) is 3.61. The molecule has 154 valence electrons. The maximum atomic E-state index is 14.8. The molecule has 2 amide bonds. The number of amides is 2. The summed E-state index contributed by atoms with van der Waals surface area (Å²) in [6.07, 6.45) is 2.73. The first-order valence-corrected chi connectivity index (χ1v) is 10.6. The normalized spacial score (nSPS) is 18.2. The number of nitrogens with zero attached hydrogens (tertiary/aromatic N) is 1. The van der Waals surface area contributed by atoms with Crippen molar-refractivity contribution in [1.29, 1.82) is 0 Å². The number of anilines is 2. The Labute approximate surface area is 179 Å². The van der Waals surface area contributed by atoms with E-state index in [1.807, 2.05) is 36.6 Å². The molecule has 1 unspecified atom stereocenters. The fraction of sp³-hybridized carbons (Fsp3) is 0.333. The smallest absolute Gasteiger partial charge is 0.229 e. The Kier molecular flexibility index (Phi) is 6.82. The van der Waals surface area contributed by atoms with Crippen molar-refractivity contribution >= 4 is 47.4 Å². The number of carbonyl (C=O) groups is 2. The quantitative estimate of drug-likeness (QED) is 0.720. The lowest BCUT2D eigenvalue weighted by Gasteiger charge is -2.20. The van der Waals surface area contributed by atoms with Gasteiger partial charge in [-0.2, -0.15) is 0 Å². The lowest BCUT2D eigenvalue weighted by atomic mass is 9.99. The number of rotatable bonds is 4. The van der Waals surface area contributed by atoms with Crippen LogP contribution in [-0.4, -0.2) is 31.2 Å². The topological polar surface area (TPSA) is 61.4 Å². The van der Waals surface area contributed by atoms with Crippen molar-refractivity contribution in [3.8, 4) is 0 Å². The molecule has 8 heteroatoms. The third-order valence-corrected chi connectivity index (χ3v) is 6.09. The summed E-state index contributed by atoms with van der Waals surface area (Å²) >= 11 is 1.63. The number of fused-ring (bicyclic) bond motifs is 1. The van der Waals surface area contributed by atoms with Gasteiger partial charge in [-0.1, -0.05) is 6.07 Å². The van der Waals surface area contributed by atoms with Gasteiger partial charge in [-0.05, 0) is 60.7 Å². The Morgan fingerprint density at radius 1 is 1.24 bits per heavy atom. The Hall–Kier alpha value is -2.09. The molecule has 2 aliphatic rings. The van der Waals surface area contributed by atoms with E-state index in [1.54, 1.807) is 22.7 Å². The second-order valence-electron chi connectivity index (χ2n) is 7.08. The molecule has 0 aliphatic carbocycles. The Morgan fingerprint density at radius 2 is 2.00 bits per heavy atom. The molecule has 0 saturated carbocycles. The van der Waals surface area contributed by atoms with Gasteiger partial charge in [-0.25, -0.2) is 4.39 Å². The number of hydrogen-bond acceptors (Lipinski definition) is 4. The third-order valence-electron chi connectivity index (χ3n) is 5.35. The molecule has 0 aromatic heterocycles. The summed E-state index contributed by atoms with van der Waals surface area (Å²) < 4.78 is 14.8. The summed E-state index contributed by atoms with van der Waals surface area (Å²) in [6.45, 7) is 1.67.